The Labute approximate surface area is 220 Å². The van der Waals surface area contributed by atoms with Crippen LogP contribution in [0.1, 0.15) is 32.6 Å². The summed E-state index contributed by atoms with van der Waals surface area (Å²) in [6.45, 7) is 5.21. The van der Waals surface area contributed by atoms with Gasteiger partial charge in [0.1, 0.15) is 23.0 Å². The second-order valence-electron chi connectivity index (χ2n) is 6.83. The molecule has 2 aromatic carbocycles. The van der Waals surface area contributed by atoms with Crippen LogP contribution in [0.25, 0.3) is 0 Å². The van der Waals surface area contributed by atoms with E-state index in [-0.39, 0.29) is 31.4 Å². The van der Waals surface area contributed by atoms with E-state index in [4.69, 9.17) is 44.8 Å². The molecular weight excluding hydrogens is 478 g/mol. The normalized spacial score (nSPS) is 13.6. The molecule has 2 rings (SSSR count). The smallest absolute Gasteiger partial charge is 1.00 e. The Hall–Kier alpha value is -1.49. The van der Waals surface area contributed by atoms with Crippen molar-refractivity contribution >= 4 is 31.0 Å². The molecule has 4 unspecified atom stereocenters. The molecule has 0 saturated heterocycles. The van der Waals surface area contributed by atoms with Gasteiger partial charge >= 0.3 is 18.9 Å². The van der Waals surface area contributed by atoms with E-state index in [0.29, 0.717) is 33.3 Å². The first-order valence-corrected chi connectivity index (χ1v) is 11.5. The molecule has 8 nitrogen and oxygen atoms in total. The average Bonchev–Trinajstić information content (AvgIpc) is 2.80. The number of halogens is 1. The number of hydrogen-bond acceptors (Lipinski definition) is 8. The number of hydrogen-bond donors (Lipinski definition) is 0. The van der Waals surface area contributed by atoms with Crippen LogP contribution in [-0.2, 0) is 14.2 Å². The third-order valence-electron chi connectivity index (χ3n) is 4.58. The molecule has 0 heterocycles. The molecule has 34 heavy (non-hydrogen) atoms. The topological polar surface area (TPSA) is 81.7 Å². The Bertz CT molecular complexity index is 919. The molecule has 11 heteroatoms. The molecule has 0 aliphatic heterocycles. The zero-order valence-electron chi connectivity index (χ0n) is 21.8. The monoisotopic (exact) mass is 508 g/mol. The zero-order valence-corrected chi connectivity index (χ0v) is 22.5. The SMILES string of the molecule is COc1cccc(Cl)c1C(=O)Pc1c(OC(C)OC)cc(OC(C)OC)cc1OC(C)OC.[H-].[Li+]. The van der Waals surface area contributed by atoms with Crippen molar-refractivity contribution in [3.63, 3.8) is 0 Å². The van der Waals surface area contributed by atoms with E-state index in [1.807, 2.05) is 0 Å². The van der Waals surface area contributed by atoms with E-state index >= 15 is 0 Å². The fourth-order valence-electron chi connectivity index (χ4n) is 2.71. The quantitative estimate of drug-likeness (QED) is 0.230. The molecule has 4 atom stereocenters. The summed E-state index contributed by atoms with van der Waals surface area (Å²) in [4.78, 5) is 13.4. The van der Waals surface area contributed by atoms with Crippen molar-refractivity contribution in [3.05, 3.63) is 40.9 Å². The molecule has 184 valence electrons. The molecular formula is C23H31ClLiO8P. The Morgan fingerprint density at radius 3 is 1.82 bits per heavy atom. The summed E-state index contributed by atoms with van der Waals surface area (Å²) in [5.74, 6) is 1.54. The third-order valence-corrected chi connectivity index (χ3v) is 6.12. The van der Waals surface area contributed by atoms with E-state index in [2.05, 4.69) is 0 Å². The van der Waals surface area contributed by atoms with E-state index in [9.17, 15) is 4.79 Å². The predicted molar refractivity (Wildman–Crippen MR) is 129 cm³/mol. The van der Waals surface area contributed by atoms with Crippen molar-refractivity contribution in [2.24, 2.45) is 0 Å². The van der Waals surface area contributed by atoms with Gasteiger partial charge in [-0.15, -0.1) is 0 Å². The van der Waals surface area contributed by atoms with Gasteiger partial charge in [-0.3, -0.25) is 4.79 Å². The Kier molecular flexibility index (Phi) is 13.3. The summed E-state index contributed by atoms with van der Waals surface area (Å²) in [6.07, 6.45) is -1.71. The number of carbonyl (C=O) groups excluding carboxylic acids is 1. The number of methoxy groups -OCH3 is 4. The Balaban J connectivity index is 0.00000578. The van der Waals surface area contributed by atoms with Crippen LogP contribution < -0.4 is 43.1 Å². The molecule has 0 fully saturated rings. The number of carbonyl (C=O) groups is 1. The van der Waals surface area contributed by atoms with Crippen LogP contribution in [0.2, 0.25) is 5.02 Å². The van der Waals surface area contributed by atoms with Crippen LogP contribution in [0.5, 0.6) is 23.0 Å². The summed E-state index contributed by atoms with van der Waals surface area (Å²) in [5.41, 5.74) is 0.0334. The number of ether oxygens (including phenoxy) is 7. The largest absolute Gasteiger partial charge is 1.00 e. The second-order valence-corrected chi connectivity index (χ2v) is 8.44. The van der Waals surface area contributed by atoms with Crippen molar-refractivity contribution in [1.82, 2.24) is 0 Å². The van der Waals surface area contributed by atoms with Gasteiger partial charge in [-0.2, -0.15) is 0 Å². The molecule has 0 aromatic heterocycles. The van der Waals surface area contributed by atoms with E-state index in [1.165, 1.54) is 28.4 Å². The van der Waals surface area contributed by atoms with Crippen molar-refractivity contribution in [1.29, 1.82) is 0 Å². The first-order valence-electron chi connectivity index (χ1n) is 10.1. The maximum absolute atomic E-state index is 13.4. The van der Waals surface area contributed by atoms with Gasteiger partial charge in [0.2, 0.25) is 0 Å². The average molecular weight is 509 g/mol. The number of rotatable bonds is 13. The maximum atomic E-state index is 13.4. The van der Waals surface area contributed by atoms with Crippen LogP contribution in [0.3, 0.4) is 0 Å². The van der Waals surface area contributed by atoms with Crippen molar-refractivity contribution in [2.75, 3.05) is 28.4 Å². The van der Waals surface area contributed by atoms with E-state index in [0.717, 1.165) is 0 Å². The summed E-state index contributed by atoms with van der Waals surface area (Å²) in [5, 5.41) is 0.799. The summed E-state index contributed by atoms with van der Waals surface area (Å²) in [6, 6.07) is 8.36. The minimum atomic E-state index is -0.596. The summed E-state index contributed by atoms with van der Waals surface area (Å²) < 4.78 is 38.8. The van der Waals surface area contributed by atoms with Gasteiger partial charge in [0, 0.05) is 33.5 Å². The maximum Gasteiger partial charge on any atom is 1.00 e. The first-order chi connectivity index (χ1) is 15.7. The van der Waals surface area contributed by atoms with Gasteiger partial charge in [-0.1, -0.05) is 17.7 Å². The number of benzene rings is 2. The van der Waals surface area contributed by atoms with Crippen LogP contribution >= 0.6 is 20.2 Å². The fourth-order valence-corrected chi connectivity index (χ4v) is 4.16. The van der Waals surface area contributed by atoms with Crippen molar-refractivity contribution in [3.8, 4) is 23.0 Å². The predicted octanol–water partition coefficient (Wildman–Crippen LogP) is 1.72. The molecule has 0 aliphatic carbocycles. The van der Waals surface area contributed by atoms with Gasteiger partial charge in [-0.25, -0.2) is 0 Å². The van der Waals surface area contributed by atoms with Gasteiger partial charge in [0.05, 0.1) is 23.0 Å². The standard InChI is InChI=1S/C23H30ClO8P.Li.H/c1-13(26-4)30-16-11-19(31-14(2)27-5)22(20(12-16)32-15(3)28-6)33-23(25)21-17(24)9-8-10-18(21)29-7;;/h8-15,33H,1-7H3;;/q;+1;-1. The van der Waals surface area contributed by atoms with Crippen molar-refractivity contribution < 1.29 is 58.2 Å². The zero-order chi connectivity index (χ0) is 24.5. The molecule has 0 saturated carbocycles. The molecule has 0 radical (unpaired) electrons. The van der Waals surface area contributed by atoms with Crippen LogP contribution in [-0.4, -0.2) is 52.8 Å². The van der Waals surface area contributed by atoms with E-state index in [1.54, 1.807) is 51.1 Å². The molecule has 2 aromatic rings. The third kappa shape index (κ3) is 8.32. The van der Waals surface area contributed by atoms with E-state index < -0.39 is 27.5 Å². The fraction of sp³-hybridized carbons (Fsp3) is 0.435. The summed E-state index contributed by atoms with van der Waals surface area (Å²) >= 11 is 6.33. The van der Waals surface area contributed by atoms with Gasteiger partial charge in [0.15, 0.2) is 24.4 Å². The minimum absolute atomic E-state index is 0. The van der Waals surface area contributed by atoms with Gasteiger partial charge in [0.25, 0.3) is 0 Å². The Morgan fingerprint density at radius 2 is 1.35 bits per heavy atom. The van der Waals surface area contributed by atoms with Crippen LogP contribution in [0, 0.1) is 0 Å². The first kappa shape index (κ1) is 30.5. The summed E-state index contributed by atoms with van der Waals surface area (Å²) in [7, 11) is 5.65. The molecule has 0 bridgehead atoms. The molecule has 0 N–H and O–H groups in total. The van der Waals surface area contributed by atoms with Crippen molar-refractivity contribution in [2.45, 2.75) is 39.6 Å². The van der Waals surface area contributed by atoms with Gasteiger partial charge < -0.3 is 34.6 Å². The molecule has 0 amide bonds. The van der Waals surface area contributed by atoms with Crippen LogP contribution in [0.4, 0.5) is 0 Å². The van der Waals surface area contributed by atoms with Crippen LogP contribution in [0.15, 0.2) is 30.3 Å². The Morgan fingerprint density at radius 1 is 0.853 bits per heavy atom. The molecule has 0 spiro atoms. The second kappa shape index (κ2) is 14.8. The minimum Gasteiger partial charge on any atom is -1.00 e. The van der Waals surface area contributed by atoms with Gasteiger partial charge in [-0.05, 0) is 41.5 Å². The molecule has 0 aliphatic rings.